The summed E-state index contributed by atoms with van der Waals surface area (Å²) in [6.45, 7) is -0.187. The summed E-state index contributed by atoms with van der Waals surface area (Å²) in [4.78, 5) is 21.8. The van der Waals surface area contributed by atoms with Crippen LogP contribution in [0.1, 0.15) is 16.8 Å². The molecule has 0 spiro atoms. The van der Waals surface area contributed by atoms with Crippen LogP contribution in [-0.2, 0) is 19.4 Å². The second kappa shape index (κ2) is 7.63. The zero-order chi connectivity index (χ0) is 15.9. The van der Waals surface area contributed by atoms with Gasteiger partial charge in [0, 0.05) is 0 Å². The summed E-state index contributed by atoms with van der Waals surface area (Å²) in [5, 5.41) is 8.95. The van der Waals surface area contributed by atoms with E-state index in [2.05, 4.69) is 4.74 Å². The summed E-state index contributed by atoms with van der Waals surface area (Å²) in [5.74, 6) is -2.29. The smallest absolute Gasteiger partial charge is 0.339 e. The Kier molecular flexibility index (Phi) is 6.16. The molecule has 0 atom stereocenters. The molecular weight excluding hydrogens is 300 g/mol. The number of esters is 1. The fourth-order valence-electron chi connectivity index (χ4n) is 1.49. The minimum absolute atomic E-state index is 0.0375. The first-order valence-corrected chi connectivity index (χ1v) is 7.90. The molecule has 1 N–H and O–H groups in total. The van der Waals surface area contributed by atoms with E-state index in [1.54, 1.807) is 12.1 Å². The van der Waals surface area contributed by atoms with Gasteiger partial charge in [0.1, 0.15) is 17.9 Å². The zero-order valence-corrected chi connectivity index (χ0v) is 12.3. The standard InChI is InChI=1S/C13H16O7S/c1-19-12(14)6-8-21(17,18)9-7-20-11-5-3-2-4-10(11)13(15)16/h2-5H,6-9H2,1H3,(H,15,16). The minimum Gasteiger partial charge on any atom is -0.492 e. The number of para-hydroxylation sites is 1. The molecule has 0 aliphatic heterocycles. The van der Waals surface area contributed by atoms with Crippen LogP contribution in [0.15, 0.2) is 24.3 Å². The summed E-state index contributed by atoms with van der Waals surface area (Å²) < 4.78 is 32.9. The molecule has 0 bridgehead atoms. The van der Waals surface area contributed by atoms with Crippen molar-refractivity contribution in [3.63, 3.8) is 0 Å². The third kappa shape index (κ3) is 5.82. The van der Waals surface area contributed by atoms with Crippen molar-refractivity contribution in [1.29, 1.82) is 0 Å². The lowest BCUT2D eigenvalue weighted by molar-refractivity contribution is -0.140. The lowest BCUT2D eigenvalue weighted by Crippen LogP contribution is -2.20. The van der Waals surface area contributed by atoms with E-state index >= 15 is 0 Å². The molecule has 1 aromatic rings. The van der Waals surface area contributed by atoms with Crippen molar-refractivity contribution in [1.82, 2.24) is 0 Å². The van der Waals surface area contributed by atoms with Gasteiger partial charge >= 0.3 is 11.9 Å². The van der Waals surface area contributed by atoms with Crippen LogP contribution in [0, 0.1) is 0 Å². The Morgan fingerprint density at radius 1 is 1.19 bits per heavy atom. The van der Waals surface area contributed by atoms with Crippen molar-refractivity contribution in [2.24, 2.45) is 0 Å². The van der Waals surface area contributed by atoms with Gasteiger partial charge in [-0.05, 0) is 12.1 Å². The molecule has 0 saturated heterocycles. The van der Waals surface area contributed by atoms with Gasteiger partial charge in [-0.2, -0.15) is 0 Å². The lowest BCUT2D eigenvalue weighted by atomic mass is 10.2. The van der Waals surface area contributed by atoms with Crippen molar-refractivity contribution >= 4 is 21.8 Å². The molecule has 0 radical (unpaired) electrons. The average Bonchev–Trinajstić information content (AvgIpc) is 2.45. The number of carbonyl (C=O) groups is 2. The number of methoxy groups -OCH3 is 1. The number of hydrogen-bond acceptors (Lipinski definition) is 6. The van der Waals surface area contributed by atoms with Crippen molar-refractivity contribution in [2.45, 2.75) is 6.42 Å². The van der Waals surface area contributed by atoms with Gasteiger partial charge in [0.15, 0.2) is 9.84 Å². The van der Waals surface area contributed by atoms with E-state index in [9.17, 15) is 18.0 Å². The van der Waals surface area contributed by atoms with Gasteiger partial charge in [0.05, 0.1) is 25.0 Å². The van der Waals surface area contributed by atoms with Crippen molar-refractivity contribution in [3.05, 3.63) is 29.8 Å². The van der Waals surface area contributed by atoms with Crippen molar-refractivity contribution in [3.8, 4) is 5.75 Å². The third-order valence-electron chi connectivity index (χ3n) is 2.61. The van der Waals surface area contributed by atoms with Crippen LogP contribution in [0.3, 0.4) is 0 Å². The van der Waals surface area contributed by atoms with Gasteiger partial charge in [-0.15, -0.1) is 0 Å². The monoisotopic (exact) mass is 316 g/mol. The molecule has 0 aliphatic carbocycles. The first-order chi connectivity index (χ1) is 9.85. The first-order valence-electron chi connectivity index (χ1n) is 6.08. The third-order valence-corrected chi connectivity index (χ3v) is 4.23. The molecule has 0 fully saturated rings. The Balaban J connectivity index is 2.53. The van der Waals surface area contributed by atoms with Crippen LogP contribution < -0.4 is 4.74 Å². The quantitative estimate of drug-likeness (QED) is 0.705. The van der Waals surface area contributed by atoms with Gasteiger partial charge in [-0.25, -0.2) is 13.2 Å². The molecule has 1 aromatic carbocycles. The average molecular weight is 316 g/mol. The molecule has 116 valence electrons. The predicted molar refractivity (Wildman–Crippen MR) is 74.2 cm³/mol. The fourth-order valence-corrected chi connectivity index (χ4v) is 2.51. The van der Waals surface area contributed by atoms with Gasteiger partial charge in [-0.1, -0.05) is 12.1 Å². The number of hydrogen-bond donors (Lipinski definition) is 1. The van der Waals surface area contributed by atoms with E-state index in [0.717, 1.165) is 0 Å². The van der Waals surface area contributed by atoms with Crippen LogP contribution in [-0.4, -0.2) is 50.7 Å². The first kappa shape index (κ1) is 17.0. The highest BCUT2D eigenvalue weighted by molar-refractivity contribution is 7.91. The predicted octanol–water partition coefficient (Wildman–Crippen LogP) is 0.741. The normalized spacial score (nSPS) is 10.9. The summed E-state index contributed by atoms with van der Waals surface area (Å²) in [7, 11) is -2.28. The molecule has 0 amide bonds. The van der Waals surface area contributed by atoms with Crippen LogP contribution >= 0.6 is 0 Å². The Hall–Kier alpha value is -2.09. The number of rotatable bonds is 8. The van der Waals surface area contributed by atoms with Crippen molar-refractivity contribution in [2.75, 3.05) is 25.2 Å². The number of benzene rings is 1. The molecule has 0 aromatic heterocycles. The molecule has 0 heterocycles. The Morgan fingerprint density at radius 2 is 1.86 bits per heavy atom. The van der Waals surface area contributed by atoms with Crippen LogP contribution in [0.25, 0.3) is 0 Å². The Morgan fingerprint density at radius 3 is 2.48 bits per heavy atom. The summed E-state index contributed by atoms with van der Waals surface area (Å²) in [6.07, 6.45) is -0.218. The van der Waals surface area contributed by atoms with E-state index in [4.69, 9.17) is 9.84 Å². The van der Waals surface area contributed by atoms with Gasteiger partial charge in [-0.3, -0.25) is 4.79 Å². The number of aromatic carboxylic acids is 1. The van der Waals surface area contributed by atoms with Crippen molar-refractivity contribution < 1.29 is 32.6 Å². The second-order valence-corrected chi connectivity index (χ2v) is 6.43. The maximum atomic E-state index is 11.7. The van der Waals surface area contributed by atoms with E-state index in [-0.39, 0.29) is 35.8 Å². The molecule has 21 heavy (non-hydrogen) atoms. The minimum atomic E-state index is -3.46. The number of carboxylic acid groups (broad SMARTS) is 1. The highest BCUT2D eigenvalue weighted by Crippen LogP contribution is 2.17. The van der Waals surface area contributed by atoms with Gasteiger partial charge in [0.2, 0.25) is 0 Å². The van der Waals surface area contributed by atoms with E-state index < -0.39 is 21.8 Å². The lowest BCUT2D eigenvalue weighted by Gasteiger charge is -2.09. The van der Waals surface area contributed by atoms with Crippen LogP contribution in [0.5, 0.6) is 5.75 Å². The molecule has 7 nitrogen and oxygen atoms in total. The maximum Gasteiger partial charge on any atom is 0.339 e. The number of ether oxygens (including phenoxy) is 2. The fraction of sp³-hybridized carbons (Fsp3) is 0.385. The second-order valence-electron chi connectivity index (χ2n) is 4.13. The van der Waals surface area contributed by atoms with E-state index in [1.165, 1.54) is 19.2 Å². The molecular formula is C13H16O7S. The summed E-state index contributed by atoms with van der Waals surface area (Å²) in [5.41, 5.74) is -0.0375. The molecule has 0 aliphatic rings. The zero-order valence-electron chi connectivity index (χ0n) is 11.4. The largest absolute Gasteiger partial charge is 0.492 e. The van der Waals surface area contributed by atoms with Gasteiger partial charge < -0.3 is 14.6 Å². The number of carboxylic acids is 1. The number of sulfone groups is 1. The molecule has 0 unspecified atom stereocenters. The Labute approximate surface area is 122 Å². The van der Waals surface area contributed by atoms with Crippen LogP contribution in [0.2, 0.25) is 0 Å². The maximum absolute atomic E-state index is 11.7. The van der Waals surface area contributed by atoms with E-state index in [1.807, 2.05) is 0 Å². The van der Waals surface area contributed by atoms with Crippen LogP contribution in [0.4, 0.5) is 0 Å². The summed E-state index contributed by atoms with van der Waals surface area (Å²) >= 11 is 0. The summed E-state index contributed by atoms with van der Waals surface area (Å²) in [6, 6.07) is 5.95. The highest BCUT2D eigenvalue weighted by Gasteiger charge is 2.15. The number of carbonyl (C=O) groups excluding carboxylic acids is 1. The highest BCUT2D eigenvalue weighted by atomic mass is 32.2. The molecule has 8 heteroatoms. The topological polar surface area (TPSA) is 107 Å². The molecule has 0 saturated carbocycles. The molecule has 1 rings (SSSR count). The SMILES string of the molecule is COC(=O)CCS(=O)(=O)CCOc1ccccc1C(=O)O. The van der Waals surface area contributed by atoms with Gasteiger partial charge in [0.25, 0.3) is 0 Å². The Bertz CT molecular complexity index is 607. The van der Waals surface area contributed by atoms with E-state index in [0.29, 0.717) is 0 Å².